The van der Waals surface area contributed by atoms with Crippen molar-refractivity contribution in [3.63, 3.8) is 0 Å². The Hall–Kier alpha value is -2.37. The minimum atomic E-state index is -0.990. The number of methoxy groups -OCH3 is 1. The first-order valence-electron chi connectivity index (χ1n) is 8.57. The van der Waals surface area contributed by atoms with Crippen molar-refractivity contribution in [1.82, 2.24) is 5.32 Å². The normalized spacial score (nSPS) is 16.7. The summed E-state index contributed by atoms with van der Waals surface area (Å²) < 4.78 is 10.0. The molecule has 1 aliphatic carbocycles. The molecule has 1 unspecified atom stereocenters. The van der Waals surface area contributed by atoms with Gasteiger partial charge in [0, 0.05) is 5.92 Å². The van der Waals surface area contributed by atoms with Gasteiger partial charge in [-0.15, -0.1) is 0 Å². The fraction of sp³-hybridized carbons (Fsp3) is 0.526. The Morgan fingerprint density at radius 1 is 1.16 bits per heavy atom. The van der Waals surface area contributed by atoms with Crippen LogP contribution in [0.4, 0.5) is 0 Å². The average molecular weight is 347 g/mol. The SMILES string of the molecule is COC(=O)CC(C)C(=O)NC1(C(=O)OCc2ccccc2)CCCC1. The highest BCUT2D eigenvalue weighted by atomic mass is 16.5. The summed E-state index contributed by atoms with van der Waals surface area (Å²) >= 11 is 0. The van der Waals surface area contributed by atoms with Crippen LogP contribution < -0.4 is 5.32 Å². The fourth-order valence-corrected chi connectivity index (χ4v) is 3.01. The molecule has 0 saturated heterocycles. The summed E-state index contributed by atoms with van der Waals surface area (Å²) in [7, 11) is 1.28. The smallest absolute Gasteiger partial charge is 0.332 e. The van der Waals surface area contributed by atoms with Gasteiger partial charge < -0.3 is 14.8 Å². The minimum Gasteiger partial charge on any atom is -0.469 e. The van der Waals surface area contributed by atoms with Crippen molar-refractivity contribution in [3.8, 4) is 0 Å². The number of hydrogen-bond donors (Lipinski definition) is 1. The molecule has 0 aliphatic heterocycles. The van der Waals surface area contributed by atoms with Gasteiger partial charge in [0.05, 0.1) is 13.5 Å². The van der Waals surface area contributed by atoms with Crippen LogP contribution in [0.5, 0.6) is 0 Å². The van der Waals surface area contributed by atoms with E-state index in [4.69, 9.17) is 4.74 Å². The average Bonchev–Trinajstić information content (AvgIpc) is 3.10. The van der Waals surface area contributed by atoms with Crippen molar-refractivity contribution in [1.29, 1.82) is 0 Å². The Morgan fingerprint density at radius 2 is 1.80 bits per heavy atom. The molecule has 6 heteroatoms. The van der Waals surface area contributed by atoms with E-state index in [1.165, 1.54) is 7.11 Å². The third-order valence-electron chi connectivity index (χ3n) is 4.57. The first-order chi connectivity index (χ1) is 12.0. The number of nitrogens with one attached hydrogen (secondary N) is 1. The fourth-order valence-electron chi connectivity index (χ4n) is 3.01. The third kappa shape index (κ3) is 5.05. The number of ether oxygens (including phenoxy) is 2. The van der Waals surface area contributed by atoms with Gasteiger partial charge in [-0.3, -0.25) is 9.59 Å². The Balaban J connectivity index is 1.98. The van der Waals surface area contributed by atoms with Crippen LogP contribution in [0.2, 0.25) is 0 Å². The standard InChI is InChI=1S/C19H25NO5/c1-14(12-16(21)24-2)17(22)20-19(10-6-7-11-19)18(23)25-13-15-8-4-3-5-9-15/h3-5,8-9,14H,6-7,10-13H2,1-2H3,(H,20,22). The van der Waals surface area contributed by atoms with E-state index < -0.39 is 23.4 Å². The van der Waals surface area contributed by atoms with E-state index in [0.29, 0.717) is 12.8 Å². The van der Waals surface area contributed by atoms with Gasteiger partial charge in [-0.1, -0.05) is 50.1 Å². The molecule has 1 saturated carbocycles. The zero-order chi connectivity index (χ0) is 18.3. The lowest BCUT2D eigenvalue weighted by molar-refractivity contribution is -0.155. The highest BCUT2D eigenvalue weighted by molar-refractivity contribution is 5.90. The number of amides is 1. The summed E-state index contributed by atoms with van der Waals surface area (Å²) in [5.74, 6) is -1.75. The van der Waals surface area contributed by atoms with Gasteiger partial charge in [-0.05, 0) is 18.4 Å². The molecule has 1 aromatic rings. The number of hydrogen-bond acceptors (Lipinski definition) is 5. The van der Waals surface area contributed by atoms with Gasteiger partial charge in [-0.25, -0.2) is 4.79 Å². The van der Waals surface area contributed by atoms with Crippen molar-refractivity contribution in [2.24, 2.45) is 5.92 Å². The Labute approximate surface area is 147 Å². The molecule has 1 aliphatic rings. The highest BCUT2D eigenvalue weighted by Gasteiger charge is 2.44. The summed E-state index contributed by atoms with van der Waals surface area (Å²) in [6.07, 6.45) is 2.80. The van der Waals surface area contributed by atoms with Crippen LogP contribution in [0.15, 0.2) is 30.3 Å². The lowest BCUT2D eigenvalue weighted by Crippen LogP contribution is -2.54. The van der Waals surface area contributed by atoms with Gasteiger partial charge in [0.2, 0.25) is 5.91 Å². The molecule has 1 fully saturated rings. The van der Waals surface area contributed by atoms with Crippen LogP contribution in [0.3, 0.4) is 0 Å². The molecule has 6 nitrogen and oxygen atoms in total. The van der Waals surface area contributed by atoms with Gasteiger partial charge in [0.25, 0.3) is 0 Å². The molecule has 25 heavy (non-hydrogen) atoms. The number of benzene rings is 1. The van der Waals surface area contributed by atoms with Crippen LogP contribution in [-0.4, -0.2) is 30.5 Å². The van der Waals surface area contributed by atoms with E-state index in [9.17, 15) is 14.4 Å². The Bertz CT molecular complexity index is 608. The first-order valence-corrected chi connectivity index (χ1v) is 8.57. The molecule has 136 valence electrons. The molecule has 0 aromatic heterocycles. The van der Waals surface area contributed by atoms with Gasteiger partial charge in [-0.2, -0.15) is 0 Å². The van der Waals surface area contributed by atoms with E-state index in [1.54, 1.807) is 6.92 Å². The van der Waals surface area contributed by atoms with Crippen LogP contribution in [0.1, 0.15) is 44.6 Å². The van der Waals surface area contributed by atoms with E-state index >= 15 is 0 Å². The second kappa shape index (κ2) is 8.65. The van der Waals surface area contributed by atoms with Crippen molar-refractivity contribution >= 4 is 17.8 Å². The van der Waals surface area contributed by atoms with Crippen LogP contribution in [-0.2, 0) is 30.5 Å². The second-order valence-electron chi connectivity index (χ2n) is 6.52. The quantitative estimate of drug-likeness (QED) is 0.766. The number of carbonyl (C=O) groups is 3. The van der Waals surface area contributed by atoms with E-state index in [1.807, 2.05) is 30.3 Å². The molecule has 2 rings (SSSR count). The summed E-state index contributed by atoms with van der Waals surface area (Å²) in [6, 6.07) is 9.42. The highest BCUT2D eigenvalue weighted by Crippen LogP contribution is 2.31. The molecular weight excluding hydrogens is 322 g/mol. The molecule has 1 amide bonds. The minimum absolute atomic E-state index is 0.0164. The second-order valence-corrected chi connectivity index (χ2v) is 6.52. The molecule has 0 bridgehead atoms. The Morgan fingerprint density at radius 3 is 2.40 bits per heavy atom. The predicted octanol–water partition coefficient (Wildman–Crippen LogP) is 2.36. The van der Waals surface area contributed by atoms with Gasteiger partial charge in [0.1, 0.15) is 12.1 Å². The molecule has 1 N–H and O–H groups in total. The van der Waals surface area contributed by atoms with Crippen molar-refractivity contribution < 1.29 is 23.9 Å². The summed E-state index contributed by atoms with van der Waals surface area (Å²) in [4.78, 5) is 36.4. The first kappa shape index (κ1) is 19.0. The maximum absolute atomic E-state index is 12.6. The lowest BCUT2D eigenvalue weighted by atomic mass is 9.95. The van der Waals surface area contributed by atoms with Crippen molar-refractivity contribution in [2.45, 2.75) is 51.2 Å². The predicted molar refractivity (Wildman–Crippen MR) is 91.4 cm³/mol. The van der Waals surface area contributed by atoms with Crippen LogP contribution in [0, 0.1) is 5.92 Å². The molecule has 1 aromatic carbocycles. The van der Waals surface area contributed by atoms with E-state index in [0.717, 1.165) is 18.4 Å². The van der Waals surface area contributed by atoms with E-state index in [-0.39, 0.29) is 18.9 Å². The van der Waals surface area contributed by atoms with Crippen LogP contribution in [0.25, 0.3) is 0 Å². The van der Waals surface area contributed by atoms with Crippen molar-refractivity contribution in [2.75, 3.05) is 7.11 Å². The molecule has 0 spiro atoms. The van der Waals surface area contributed by atoms with E-state index in [2.05, 4.69) is 10.1 Å². The maximum atomic E-state index is 12.6. The van der Waals surface area contributed by atoms with Gasteiger partial charge >= 0.3 is 11.9 Å². The molecular formula is C19H25NO5. The van der Waals surface area contributed by atoms with Crippen LogP contribution >= 0.6 is 0 Å². The largest absolute Gasteiger partial charge is 0.469 e. The summed E-state index contributed by atoms with van der Waals surface area (Å²) in [6.45, 7) is 1.82. The topological polar surface area (TPSA) is 81.7 Å². The van der Waals surface area contributed by atoms with Gasteiger partial charge in [0.15, 0.2) is 0 Å². The lowest BCUT2D eigenvalue weighted by Gasteiger charge is -2.29. The number of carbonyl (C=O) groups excluding carboxylic acids is 3. The maximum Gasteiger partial charge on any atom is 0.332 e. The summed E-state index contributed by atoms with van der Waals surface area (Å²) in [5, 5.41) is 2.84. The zero-order valence-electron chi connectivity index (χ0n) is 14.7. The molecule has 1 atom stereocenters. The molecule has 0 radical (unpaired) electrons. The summed E-state index contributed by atoms with van der Waals surface area (Å²) in [5.41, 5.74) is -0.0923. The zero-order valence-corrected chi connectivity index (χ0v) is 14.7. The number of esters is 2. The Kier molecular flexibility index (Phi) is 6.56. The molecule has 0 heterocycles. The third-order valence-corrected chi connectivity index (χ3v) is 4.57. The van der Waals surface area contributed by atoms with Crippen molar-refractivity contribution in [3.05, 3.63) is 35.9 Å². The monoisotopic (exact) mass is 347 g/mol. The number of rotatable bonds is 7.